The number of fused-ring (bicyclic) bond motifs is 7. The Labute approximate surface area is 204 Å². The Bertz CT molecular complexity index is 1050. The molecule has 3 saturated carbocycles. The van der Waals surface area contributed by atoms with Crippen molar-refractivity contribution in [1.82, 2.24) is 0 Å². The van der Waals surface area contributed by atoms with E-state index >= 15 is 0 Å². The highest BCUT2D eigenvalue weighted by Gasteiger charge is 2.70. The van der Waals surface area contributed by atoms with Gasteiger partial charge in [0.15, 0.2) is 11.6 Å². The maximum atomic E-state index is 14.1. The average Bonchev–Trinajstić information content (AvgIpc) is 2.72. The molecule has 0 aromatic heterocycles. The van der Waals surface area contributed by atoms with Gasteiger partial charge < -0.3 is 5.11 Å². The normalized spacial score (nSPS) is 48.7. The highest BCUT2D eigenvalue weighted by atomic mass is 16.4. The number of carbonyl (C=O) groups is 3. The fourth-order valence-electron chi connectivity index (χ4n) is 9.71. The number of hydrogen-bond acceptors (Lipinski definition) is 3. The highest BCUT2D eigenvalue weighted by molar-refractivity contribution is 5.98. The minimum atomic E-state index is -0.780. The van der Waals surface area contributed by atoms with Crippen LogP contribution >= 0.6 is 0 Å². The summed E-state index contributed by atoms with van der Waals surface area (Å²) in [6, 6.07) is 0. The summed E-state index contributed by atoms with van der Waals surface area (Å²) in [5.74, 6) is -0.603. The first kappa shape index (κ1) is 24.0. The van der Waals surface area contributed by atoms with E-state index in [0.29, 0.717) is 12.8 Å². The first-order valence-electron chi connectivity index (χ1n) is 13.3. The maximum absolute atomic E-state index is 14.1. The third kappa shape index (κ3) is 2.69. The topological polar surface area (TPSA) is 71.4 Å². The third-order valence-electron chi connectivity index (χ3n) is 12.1. The highest BCUT2D eigenvalue weighted by Crippen LogP contribution is 2.74. The smallest absolute Gasteiger partial charge is 0.309 e. The zero-order valence-corrected chi connectivity index (χ0v) is 22.1. The van der Waals surface area contributed by atoms with Gasteiger partial charge in [-0.1, -0.05) is 60.1 Å². The van der Waals surface area contributed by atoms with Crippen molar-refractivity contribution >= 4 is 17.5 Å². The number of carboxylic acids is 1. The summed E-state index contributed by atoms with van der Waals surface area (Å²) in [5, 5.41) is 10.5. The van der Waals surface area contributed by atoms with E-state index < -0.39 is 16.8 Å². The van der Waals surface area contributed by atoms with Crippen molar-refractivity contribution in [3.63, 3.8) is 0 Å². The maximum Gasteiger partial charge on any atom is 0.309 e. The van der Waals surface area contributed by atoms with Gasteiger partial charge in [0.1, 0.15) is 0 Å². The SMILES string of the molecule is CC1(C)CC[C@]2(C(=O)O)CC[C@]3(C)[C@H](C(=O)C=C4[C@@]5(C)C=CC(=O)C(C)(C)C5CC[C@]43C)[C@H]2C1. The van der Waals surface area contributed by atoms with Crippen molar-refractivity contribution in [3.05, 3.63) is 23.8 Å². The molecule has 0 aromatic carbocycles. The second-order valence-electron chi connectivity index (χ2n) is 14.4. The quantitative estimate of drug-likeness (QED) is 0.485. The zero-order chi connectivity index (χ0) is 25.1. The molecule has 0 radical (unpaired) electrons. The van der Waals surface area contributed by atoms with E-state index in [1.165, 1.54) is 5.57 Å². The molecule has 1 unspecified atom stereocenters. The van der Waals surface area contributed by atoms with E-state index in [2.05, 4.69) is 54.5 Å². The molecule has 0 amide bonds. The van der Waals surface area contributed by atoms with Crippen LogP contribution in [0.4, 0.5) is 0 Å². The zero-order valence-electron chi connectivity index (χ0n) is 22.1. The molecule has 0 spiro atoms. The summed E-state index contributed by atoms with van der Waals surface area (Å²) in [6.07, 6.45) is 11.5. The molecule has 0 aromatic rings. The number of rotatable bonds is 1. The van der Waals surface area contributed by atoms with E-state index in [1.807, 2.05) is 6.08 Å². The fourth-order valence-corrected chi connectivity index (χ4v) is 9.71. The number of carboxylic acid groups (broad SMARTS) is 1. The van der Waals surface area contributed by atoms with E-state index in [0.717, 1.165) is 32.1 Å². The Morgan fingerprint density at radius 3 is 2.24 bits per heavy atom. The van der Waals surface area contributed by atoms with Gasteiger partial charge in [-0.15, -0.1) is 0 Å². The van der Waals surface area contributed by atoms with Crippen molar-refractivity contribution in [3.8, 4) is 0 Å². The van der Waals surface area contributed by atoms with Gasteiger partial charge in [0.05, 0.1) is 5.41 Å². The number of hydrogen-bond donors (Lipinski definition) is 1. The van der Waals surface area contributed by atoms with Crippen molar-refractivity contribution in [2.24, 2.45) is 50.2 Å². The van der Waals surface area contributed by atoms with Crippen LogP contribution in [0, 0.1) is 50.2 Å². The molecule has 186 valence electrons. The van der Waals surface area contributed by atoms with E-state index in [1.54, 1.807) is 6.08 Å². The van der Waals surface area contributed by atoms with Gasteiger partial charge in [-0.05, 0) is 85.2 Å². The van der Waals surface area contributed by atoms with E-state index in [-0.39, 0.29) is 51.0 Å². The van der Waals surface area contributed by atoms with Crippen molar-refractivity contribution in [2.45, 2.75) is 93.4 Å². The molecule has 0 aliphatic heterocycles. The predicted molar refractivity (Wildman–Crippen MR) is 132 cm³/mol. The van der Waals surface area contributed by atoms with Crippen LogP contribution in [0.1, 0.15) is 93.4 Å². The van der Waals surface area contributed by atoms with Crippen LogP contribution in [-0.4, -0.2) is 22.6 Å². The lowest BCUT2D eigenvalue weighted by molar-refractivity contribution is -0.188. The molecule has 0 bridgehead atoms. The van der Waals surface area contributed by atoms with Crippen LogP contribution in [0.3, 0.4) is 0 Å². The van der Waals surface area contributed by atoms with Crippen molar-refractivity contribution < 1.29 is 19.5 Å². The summed E-state index contributed by atoms with van der Waals surface area (Å²) in [7, 11) is 0. The molecule has 0 saturated heterocycles. The predicted octanol–water partition coefficient (Wildman–Crippen LogP) is 6.40. The lowest BCUT2D eigenvalue weighted by Gasteiger charge is -2.68. The number of aliphatic carboxylic acids is 1. The van der Waals surface area contributed by atoms with Crippen LogP contribution in [0.2, 0.25) is 0 Å². The fraction of sp³-hybridized carbons (Fsp3) is 0.767. The summed E-state index contributed by atoms with van der Waals surface area (Å²) in [5.41, 5.74) is -0.797. The molecule has 5 rings (SSSR count). The Hall–Kier alpha value is -1.71. The molecule has 4 heteroatoms. The van der Waals surface area contributed by atoms with Crippen molar-refractivity contribution in [2.75, 3.05) is 0 Å². The molecule has 3 fully saturated rings. The van der Waals surface area contributed by atoms with Gasteiger partial charge in [0, 0.05) is 16.7 Å². The van der Waals surface area contributed by atoms with Crippen molar-refractivity contribution in [1.29, 1.82) is 0 Å². The second kappa shape index (κ2) is 6.73. The number of carbonyl (C=O) groups excluding carboxylic acids is 2. The summed E-state index contributed by atoms with van der Waals surface area (Å²) in [6.45, 7) is 15.5. The largest absolute Gasteiger partial charge is 0.481 e. The van der Waals surface area contributed by atoms with Crippen LogP contribution < -0.4 is 0 Å². The van der Waals surface area contributed by atoms with Crippen LogP contribution in [0.25, 0.3) is 0 Å². The van der Waals surface area contributed by atoms with Gasteiger partial charge in [-0.3, -0.25) is 14.4 Å². The molecular formula is C30H42O4. The van der Waals surface area contributed by atoms with Gasteiger partial charge in [0.25, 0.3) is 0 Å². The second-order valence-corrected chi connectivity index (χ2v) is 14.4. The first-order chi connectivity index (χ1) is 15.6. The van der Waals surface area contributed by atoms with Gasteiger partial charge >= 0.3 is 5.97 Å². The van der Waals surface area contributed by atoms with Gasteiger partial charge in [-0.2, -0.15) is 0 Å². The standard InChI is InChI=1S/C30H42O4/c1-25(2)12-14-30(24(33)34)15-13-29(7)23(18(30)17-25)19(31)16-21-27(5)10-9-22(32)26(3,4)20(27)8-11-28(21,29)6/h9-10,16,18,20,23H,8,11-15,17H2,1-7H3,(H,33,34)/t18-,20?,23+,27+,28-,29-,30+/m1/s1. The number of ketones is 2. The van der Waals surface area contributed by atoms with E-state index in [4.69, 9.17) is 0 Å². The molecule has 7 atom stereocenters. The Morgan fingerprint density at radius 1 is 0.941 bits per heavy atom. The monoisotopic (exact) mass is 466 g/mol. The minimum absolute atomic E-state index is 0.0488. The Morgan fingerprint density at radius 2 is 1.59 bits per heavy atom. The average molecular weight is 467 g/mol. The van der Waals surface area contributed by atoms with E-state index in [9.17, 15) is 19.5 Å². The van der Waals surface area contributed by atoms with Crippen LogP contribution in [0.15, 0.2) is 23.8 Å². The lowest BCUT2D eigenvalue weighted by Crippen LogP contribution is -2.65. The molecule has 1 N–H and O–H groups in total. The van der Waals surface area contributed by atoms with Gasteiger partial charge in [-0.25, -0.2) is 0 Å². The molecule has 5 aliphatic rings. The molecule has 0 heterocycles. The molecule has 5 aliphatic carbocycles. The summed E-state index contributed by atoms with van der Waals surface area (Å²) < 4.78 is 0. The lowest BCUT2D eigenvalue weighted by atomic mass is 9.34. The Balaban J connectivity index is 1.68. The summed E-state index contributed by atoms with van der Waals surface area (Å²) >= 11 is 0. The minimum Gasteiger partial charge on any atom is -0.481 e. The molecular weight excluding hydrogens is 424 g/mol. The third-order valence-corrected chi connectivity index (χ3v) is 12.1. The van der Waals surface area contributed by atoms with Crippen LogP contribution in [0.5, 0.6) is 0 Å². The molecule has 4 nitrogen and oxygen atoms in total. The summed E-state index contributed by atoms with van der Waals surface area (Å²) in [4.78, 5) is 39.7. The Kier molecular flexibility index (Phi) is 4.75. The molecule has 34 heavy (non-hydrogen) atoms. The van der Waals surface area contributed by atoms with Gasteiger partial charge in [0.2, 0.25) is 0 Å². The van der Waals surface area contributed by atoms with Crippen LogP contribution in [-0.2, 0) is 14.4 Å². The number of allylic oxidation sites excluding steroid dienone is 4. The first-order valence-corrected chi connectivity index (χ1v) is 13.3.